The Morgan fingerprint density at radius 2 is 2.18 bits per heavy atom. The monoisotopic (exact) mass is 413 g/mol. The van der Waals surface area contributed by atoms with Gasteiger partial charge in [0.15, 0.2) is 0 Å². The Kier molecular flexibility index (Phi) is 6.10. The maximum Gasteiger partial charge on any atom is 0.416 e. The van der Waals surface area contributed by atoms with E-state index in [2.05, 4.69) is 15.2 Å². The van der Waals surface area contributed by atoms with E-state index in [4.69, 9.17) is 16.3 Å². The summed E-state index contributed by atoms with van der Waals surface area (Å²) in [7, 11) is 1.95. The molecule has 28 heavy (non-hydrogen) atoms. The fourth-order valence-electron chi connectivity index (χ4n) is 3.05. The third kappa shape index (κ3) is 4.94. The van der Waals surface area contributed by atoms with Gasteiger partial charge in [-0.15, -0.1) is 0 Å². The van der Waals surface area contributed by atoms with Gasteiger partial charge in [-0.25, -0.2) is 4.98 Å². The second-order valence-corrected chi connectivity index (χ2v) is 6.99. The lowest BCUT2D eigenvalue weighted by Crippen LogP contribution is -2.30. The van der Waals surface area contributed by atoms with Crippen molar-refractivity contribution in [1.29, 1.82) is 0 Å². The summed E-state index contributed by atoms with van der Waals surface area (Å²) in [5.74, 6) is -0.610. The summed E-state index contributed by atoms with van der Waals surface area (Å²) in [4.78, 5) is 18.3. The molecule has 3 rings (SSSR count). The second kappa shape index (κ2) is 8.36. The number of anilines is 1. The van der Waals surface area contributed by atoms with Gasteiger partial charge >= 0.3 is 6.18 Å². The molecule has 0 radical (unpaired) electrons. The van der Waals surface area contributed by atoms with E-state index in [0.717, 1.165) is 31.5 Å². The number of ether oxygens (including phenoxy) is 1. The number of hydrogen-bond donors (Lipinski definition) is 1. The smallest absolute Gasteiger partial charge is 0.416 e. The van der Waals surface area contributed by atoms with Crippen LogP contribution in [0.2, 0.25) is 5.15 Å². The number of aromatic nitrogens is 1. The molecule has 1 aromatic carbocycles. The van der Waals surface area contributed by atoms with Crippen LogP contribution in [0.3, 0.4) is 0 Å². The van der Waals surface area contributed by atoms with Gasteiger partial charge in [-0.05, 0) is 50.7 Å². The summed E-state index contributed by atoms with van der Waals surface area (Å²) in [6.45, 7) is 1.21. The number of benzene rings is 1. The molecular weight excluding hydrogens is 395 g/mol. The van der Waals surface area contributed by atoms with Gasteiger partial charge in [-0.1, -0.05) is 11.6 Å². The number of pyridine rings is 1. The van der Waals surface area contributed by atoms with E-state index in [0.29, 0.717) is 0 Å². The number of halogens is 4. The average molecular weight is 414 g/mol. The van der Waals surface area contributed by atoms with Crippen molar-refractivity contribution in [3.05, 3.63) is 52.8 Å². The number of amides is 1. The molecule has 0 aliphatic carbocycles. The van der Waals surface area contributed by atoms with Crippen molar-refractivity contribution in [3.63, 3.8) is 0 Å². The highest BCUT2D eigenvalue weighted by Gasteiger charge is 2.32. The van der Waals surface area contributed by atoms with E-state index in [-0.39, 0.29) is 34.8 Å². The van der Waals surface area contributed by atoms with E-state index >= 15 is 0 Å². The van der Waals surface area contributed by atoms with Crippen LogP contribution in [0.15, 0.2) is 36.5 Å². The van der Waals surface area contributed by atoms with Crippen LogP contribution in [-0.2, 0) is 6.18 Å². The highest BCUT2D eigenvalue weighted by atomic mass is 35.5. The SMILES string of the molecule is CN1CCC[C@@H]1COc1cc(NC(=O)c2cccnc2Cl)cc(C(F)(F)F)c1. The lowest BCUT2D eigenvalue weighted by atomic mass is 10.1. The fourth-order valence-corrected chi connectivity index (χ4v) is 3.26. The largest absolute Gasteiger partial charge is 0.492 e. The van der Waals surface area contributed by atoms with Crippen LogP contribution < -0.4 is 10.1 Å². The van der Waals surface area contributed by atoms with Crippen LogP contribution >= 0.6 is 11.6 Å². The Morgan fingerprint density at radius 1 is 1.39 bits per heavy atom. The van der Waals surface area contributed by atoms with Gasteiger partial charge in [0.25, 0.3) is 5.91 Å². The van der Waals surface area contributed by atoms with Crippen molar-refractivity contribution in [2.75, 3.05) is 25.5 Å². The molecule has 150 valence electrons. The Labute approximate surface area is 165 Å². The van der Waals surface area contributed by atoms with E-state index in [9.17, 15) is 18.0 Å². The molecule has 1 aromatic heterocycles. The first kappa shape index (κ1) is 20.4. The van der Waals surface area contributed by atoms with Crippen LogP contribution in [0.5, 0.6) is 5.75 Å². The molecule has 1 aliphatic rings. The Bertz CT molecular complexity index is 861. The highest BCUT2D eigenvalue weighted by Crippen LogP contribution is 2.34. The topological polar surface area (TPSA) is 54.5 Å². The number of nitrogens with zero attached hydrogens (tertiary/aromatic N) is 2. The number of rotatable bonds is 5. The Morgan fingerprint density at radius 3 is 2.82 bits per heavy atom. The summed E-state index contributed by atoms with van der Waals surface area (Å²) in [6.07, 6.45) is -1.21. The number of nitrogens with one attached hydrogen (secondary N) is 1. The molecule has 1 atom stereocenters. The summed E-state index contributed by atoms with van der Waals surface area (Å²) >= 11 is 5.88. The minimum atomic E-state index is -4.57. The third-order valence-corrected chi connectivity index (χ3v) is 4.91. The molecule has 2 heterocycles. The maximum absolute atomic E-state index is 13.3. The van der Waals surface area contributed by atoms with Crippen molar-refractivity contribution >= 4 is 23.2 Å². The first-order valence-electron chi connectivity index (χ1n) is 8.71. The molecule has 5 nitrogen and oxygen atoms in total. The zero-order valence-corrected chi connectivity index (χ0v) is 15.8. The van der Waals surface area contributed by atoms with Crippen LogP contribution in [-0.4, -0.2) is 42.0 Å². The van der Waals surface area contributed by atoms with Crippen LogP contribution in [0.25, 0.3) is 0 Å². The van der Waals surface area contributed by atoms with Crippen molar-refractivity contribution < 1.29 is 22.7 Å². The van der Waals surface area contributed by atoms with Crippen molar-refractivity contribution in [2.45, 2.75) is 25.1 Å². The number of carbonyl (C=O) groups is 1. The van der Waals surface area contributed by atoms with E-state index in [1.54, 1.807) is 0 Å². The molecule has 0 unspecified atom stereocenters. The van der Waals surface area contributed by atoms with Gasteiger partial charge < -0.3 is 15.0 Å². The van der Waals surface area contributed by atoms with Gasteiger partial charge in [-0.2, -0.15) is 13.2 Å². The minimum Gasteiger partial charge on any atom is -0.492 e. The standard InChI is InChI=1S/C19H19ClF3N3O2/c1-26-7-3-4-14(26)11-28-15-9-12(19(21,22)23)8-13(10-15)25-18(27)16-5-2-6-24-17(16)20/h2,5-6,8-10,14H,3-4,7,11H2,1H3,(H,25,27)/t14-/m1/s1. The van der Waals surface area contributed by atoms with Gasteiger partial charge in [0.2, 0.25) is 0 Å². The molecule has 0 spiro atoms. The lowest BCUT2D eigenvalue weighted by molar-refractivity contribution is -0.137. The van der Waals surface area contributed by atoms with E-state index in [1.807, 2.05) is 7.05 Å². The summed E-state index contributed by atoms with van der Waals surface area (Å²) in [5, 5.41) is 2.40. The molecule has 9 heteroatoms. The Hall–Kier alpha value is -2.32. The third-order valence-electron chi connectivity index (χ3n) is 4.61. The zero-order valence-electron chi connectivity index (χ0n) is 15.1. The highest BCUT2D eigenvalue weighted by molar-refractivity contribution is 6.33. The first-order valence-corrected chi connectivity index (χ1v) is 9.09. The van der Waals surface area contributed by atoms with Gasteiger partial charge in [0.1, 0.15) is 17.5 Å². The Balaban J connectivity index is 1.81. The van der Waals surface area contributed by atoms with Crippen LogP contribution in [0.4, 0.5) is 18.9 Å². The molecule has 1 saturated heterocycles. The quantitative estimate of drug-likeness (QED) is 0.734. The summed E-state index contributed by atoms with van der Waals surface area (Å²) in [5.41, 5.74) is -0.872. The zero-order chi connectivity index (χ0) is 20.3. The maximum atomic E-state index is 13.3. The van der Waals surface area contributed by atoms with Crippen LogP contribution in [0, 0.1) is 0 Å². The first-order chi connectivity index (χ1) is 13.2. The molecular formula is C19H19ClF3N3O2. The lowest BCUT2D eigenvalue weighted by Gasteiger charge is -2.20. The van der Waals surface area contributed by atoms with E-state index < -0.39 is 17.6 Å². The summed E-state index contributed by atoms with van der Waals surface area (Å²) in [6, 6.07) is 6.26. The molecule has 0 saturated carbocycles. The van der Waals surface area contributed by atoms with Crippen molar-refractivity contribution in [2.24, 2.45) is 0 Å². The molecule has 1 amide bonds. The van der Waals surface area contributed by atoms with Gasteiger partial charge in [0, 0.05) is 24.0 Å². The molecule has 2 aromatic rings. The van der Waals surface area contributed by atoms with E-state index in [1.165, 1.54) is 24.4 Å². The van der Waals surface area contributed by atoms with Crippen molar-refractivity contribution in [1.82, 2.24) is 9.88 Å². The minimum absolute atomic E-state index is 0.0329. The predicted octanol–water partition coefficient (Wildman–Crippen LogP) is 4.48. The summed E-state index contributed by atoms with van der Waals surface area (Å²) < 4.78 is 45.4. The molecule has 1 fully saturated rings. The van der Waals surface area contributed by atoms with Crippen LogP contribution in [0.1, 0.15) is 28.8 Å². The normalized spacial score (nSPS) is 17.5. The van der Waals surface area contributed by atoms with Crippen molar-refractivity contribution in [3.8, 4) is 5.75 Å². The van der Waals surface area contributed by atoms with Gasteiger partial charge in [-0.3, -0.25) is 4.79 Å². The molecule has 0 bridgehead atoms. The fraction of sp³-hybridized carbons (Fsp3) is 0.368. The average Bonchev–Trinajstić information content (AvgIpc) is 3.04. The number of carbonyl (C=O) groups excluding carboxylic acids is 1. The number of likely N-dealkylation sites (tertiary alicyclic amines) is 1. The number of likely N-dealkylation sites (N-methyl/N-ethyl adjacent to an activating group) is 1. The molecule has 1 N–H and O–H groups in total. The predicted molar refractivity (Wildman–Crippen MR) is 99.8 cm³/mol. The number of alkyl halides is 3. The second-order valence-electron chi connectivity index (χ2n) is 6.63. The van der Waals surface area contributed by atoms with Gasteiger partial charge in [0.05, 0.1) is 11.1 Å². The molecule has 1 aliphatic heterocycles. The number of hydrogen-bond acceptors (Lipinski definition) is 4.